The third kappa shape index (κ3) is 3.55. The Morgan fingerprint density at radius 3 is 2.67 bits per heavy atom. The minimum atomic E-state index is -0.331. The maximum atomic E-state index is 13.3. The van der Waals surface area contributed by atoms with Crippen LogP contribution in [0.3, 0.4) is 0 Å². The van der Waals surface area contributed by atoms with Crippen molar-refractivity contribution in [1.29, 1.82) is 0 Å². The Labute approximate surface area is 114 Å². The molecule has 0 aliphatic carbocycles. The van der Waals surface area contributed by atoms with Crippen LogP contribution in [0.2, 0.25) is 0 Å². The molecule has 2 N–H and O–H groups in total. The molecule has 2 aromatic carbocycles. The highest BCUT2D eigenvalue weighted by Crippen LogP contribution is 2.18. The molecule has 0 bridgehead atoms. The first-order chi connectivity index (χ1) is 8.67. The van der Waals surface area contributed by atoms with Crippen molar-refractivity contribution in [2.75, 3.05) is 0 Å². The van der Waals surface area contributed by atoms with E-state index in [-0.39, 0.29) is 5.82 Å². The van der Waals surface area contributed by atoms with Crippen LogP contribution in [0, 0.1) is 5.82 Å². The third-order valence-electron chi connectivity index (χ3n) is 2.46. The van der Waals surface area contributed by atoms with Gasteiger partial charge >= 0.3 is 0 Å². The summed E-state index contributed by atoms with van der Waals surface area (Å²) in [6, 6.07) is 12.3. The highest BCUT2D eigenvalue weighted by atomic mass is 79.9. The third-order valence-corrected chi connectivity index (χ3v) is 2.95. The molecule has 94 valence electrons. The lowest BCUT2D eigenvalue weighted by Crippen LogP contribution is -2.00. The number of hydrogen-bond donors (Lipinski definition) is 1. The number of halogens is 2. The van der Waals surface area contributed by atoms with Gasteiger partial charge in [-0.15, -0.1) is 0 Å². The fourth-order valence-electron chi connectivity index (χ4n) is 1.62. The summed E-state index contributed by atoms with van der Waals surface area (Å²) >= 11 is 3.39. The van der Waals surface area contributed by atoms with Gasteiger partial charge in [0.1, 0.15) is 18.2 Å². The zero-order valence-corrected chi connectivity index (χ0v) is 11.3. The van der Waals surface area contributed by atoms with Gasteiger partial charge in [0.05, 0.1) is 0 Å². The quantitative estimate of drug-likeness (QED) is 0.936. The molecule has 0 aliphatic rings. The van der Waals surface area contributed by atoms with Crippen molar-refractivity contribution in [3.05, 3.63) is 63.9 Å². The van der Waals surface area contributed by atoms with Gasteiger partial charge in [-0.1, -0.05) is 28.1 Å². The number of benzene rings is 2. The van der Waals surface area contributed by atoms with Gasteiger partial charge in [0.2, 0.25) is 0 Å². The van der Waals surface area contributed by atoms with Crippen molar-refractivity contribution in [2.45, 2.75) is 13.2 Å². The van der Waals surface area contributed by atoms with Crippen molar-refractivity contribution in [1.82, 2.24) is 0 Å². The molecule has 2 nitrogen and oxygen atoms in total. The minimum Gasteiger partial charge on any atom is -0.489 e. The number of rotatable bonds is 4. The highest BCUT2D eigenvalue weighted by molar-refractivity contribution is 9.10. The molecule has 0 radical (unpaired) electrons. The molecule has 0 fully saturated rings. The molecular formula is C14H13BrFNO. The van der Waals surface area contributed by atoms with E-state index >= 15 is 0 Å². The summed E-state index contributed by atoms with van der Waals surface area (Å²) in [5, 5.41) is 0. The first-order valence-corrected chi connectivity index (χ1v) is 6.33. The largest absolute Gasteiger partial charge is 0.489 e. The van der Waals surface area contributed by atoms with Crippen LogP contribution in [0.1, 0.15) is 11.1 Å². The van der Waals surface area contributed by atoms with Gasteiger partial charge in [-0.2, -0.15) is 0 Å². The fraction of sp³-hybridized carbons (Fsp3) is 0.143. The topological polar surface area (TPSA) is 35.2 Å². The van der Waals surface area contributed by atoms with E-state index in [1.165, 1.54) is 12.1 Å². The minimum absolute atomic E-state index is 0.297. The molecule has 2 aromatic rings. The highest BCUT2D eigenvalue weighted by Gasteiger charge is 2.02. The van der Waals surface area contributed by atoms with E-state index in [0.717, 1.165) is 15.6 Å². The predicted octanol–water partition coefficient (Wildman–Crippen LogP) is 3.63. The molecule has 18 heavy (non-hydrogen) atoms. The van der Waals surface area contributed by atoms with Crippen LogP contribution >= 0.6 is 15.9 Å². The summed E-state index contributed by atoms with van der Waals surface area (Å²) in [7, 11) is 0. The van der Waals surface area contributed by atoms with Crippen LogP contribution in [0.5, 0.6) is 5.75 Å². The van der Waals surface area contributed by atoms with Crippen LogP contribution in [0.15, 0.2) is 46.9 Å². The molecular weight excluding hydrogens is 297 g/mol. The second-order valence-corrected chi connectivity index (χ2v) is 4.83. The molecule has 0 unspecified atom stereocenters. The maximum Gasteiger partial charge on any atom is 0.127 e. The number of hydrogen-bond acceptors (Lipinski definition) is 2. The van der Waals surface area contributed by atoms with Gasteiger partial charge in [-0.05, 0) is 35.4 Å². The number of ether oxygens (including phenoxy) is 1. The summed E-state index contributed by atoms with van der Waals surface area (Å²) in [5.74, 6) is 0.164. The second-order valence-electron chi connectivity index (χ2n) is 3.92. The summed E-state index contributed by atoms with van der Waals surface area (Å²) < 4.78 is 19.8. The average Bonchev–Trinajstić information content (AvgIpc) is 2.36. The number of nitrogens with two attached hydrogens (primary N) is 1. The van der Waals surface area contributed by atoms with E-state index in [2.05, 4.69) is 15.9 Å². The molecule has 4 heteroatoms. The van der Waals surface area contributed by atoms with Gasteiger partial charge in [-0.25, -0.2) is 4.39 Å². The van der Waals surface area contributed by atoms with Gasteiger partial charge in [0.25, 0.3) is 0 Å². The van der Waals surface area contributed by atoms with Gasteiger partial charge in [-0.3, -0.25) is 0 Å². The monoisotopic (exact) mass is 309 g/mol. The van der Waals surface area contributed by atoms with Crippen LogP contribution < -0.4 is 10.5 Å². The lowest BCUT2D eigenvalue weighted by molar-refractivity contribution is 0.304. The maximum absolute atomic E-state index is 13.3. The predicted molar refractivity (Wildman–Crippen MR) is 72.8 cm³/mol. The van der Waals surface area contributed by atoms with Crippen LogP contribution in [0.25, 0.3) is 0 Å². The lowest BCUT2D eigenvalue weighted by atomic mass is 10.2. The van der Waals surface area contributed by atoms with E-state index in [1.807, 2.05) is 24.3 Å². The van der Waals surface area contributed by atoms with E-state index in [4.69, 9.17) is 10.5 Å². The summed E-state index contributed by atoms with van der Waals surface area (Å²) in [4.78, 5) is 0. The Kier molecular flexibility index (Phi) is 4.33. The molecule has 2 rings (SSSR count). The lowest BCUT2D eigenvalue weighted by Gasteiger charge is -2.08. The van der Waals surface area contributed by atoms with E-state index in [9.17, 15) is 4.39 Å². The Bertz CT molecular complexity index is 545. The SMILES string of the molecule is NCc1cc(F)cc(OCc2cccc(Br)c2)c1. The normalized spacial score (nSPS) is 10.4. The Hall–Kier alpha value is -1.39. The van der Waals surface area contributed by atoms with Crippen LogP contribution in [-0.2, 0) is 13.2 Å². The molecule has 0 aromatic heterocycles. The standard InChI is InChI=1S/C14H13BrFNO/c15-12-3-1-2-10(4-12)9-18-14-6-11(8-17)5-13(16)7-14/h1-7H,8-9,17H2. The van der Waals surface area contributed by atoms with Gasteiger partial charge in [0, 0.05) is 17.1 Å². The fourth-order valence-corrected chi connectivity index (χ4v) is 2.06. The molecule has 0 saturated heterocycles. The van der Waals surface area contributed by atoms with Crippen LogP contribution in [-0.4, -0.2) is 0 Å². The van der Waals surface area contributed by atoms with Crippen molar-refractivity contribution in [3.8, 4) is 5.75 Å². The average molecular weight is 310 g/mol. The van der Waals surface area contributed by atoms with Gasteiger partial charge in [0.15, 0.2) is 0 Å². The Morgan fingerprint density at radius 1 is 1.11 bits per heavy atom. The molecule has 0 atom stereocenters. The Morgan fingerprint density at radius 2 is 1.94 bits per heavy atom. The zero-order chi connectivity index (χ0) is 13.0. The van der Waals surface area contributed by atoms with E-state index in [1.54, 1.807) is 6.07 Å². The van der Waals surface area contributed by atoms with Crippen molar-refractivity contribution in [3.63, 3.8) is 0 Å². The Balaban J connectivity index is 2.08. The first-order valence-electron chi connectivity index (χ1n) is 5.54. The van der Waals surface area contributed by atoms with Gasteiger partial charge < -0.3 is 10.5 Å². The molecule has 0 aliphatic heterocycles. The molecule has 0 amide bonds. The zero-order valence-electron chi connectivity index (χ0n) is 9.70. The molecule has 0 heterocycles. The van der Waals surface area contributed by atoms with E-state index < -0.39 is 0 Å². The summed E-state index contributed by atoms with van der Waals surface area (Å²) in [6.45, 7) is 0.692. The van der Waals surface area contributed by atoms with E-state index in [0.29, 0.717) is 18.9 Å². The second kappa shape index (κ2) is 5.98. The summed E-state index contributed by atoms with van der Waals surface area (Å²) in [6.07, 6.45) is 0. The van der Waals surface area contributed by atoms with Crippen molar-refractivity contribution < 1.29 is 9.13 Å². The smallest absolute Gasteiger partial charge is 0.127 e. The molecule has 0 spiro atoms. The molecule has 0 saturated carbocycles. The van der Waals surface area contributed by atoms with Crippen LogP contribution in [0.4, 0.5) is 4.39 Å². The first kappa shape index (κ1) is 13.1. The van der Waals surface area contributed by atoms with Crippen molar-refractivity contribution in [2.24, 2.45) is 5.73 Å². The van der Waals surface area contributed by atoms with Crippen molar-refractivity contribution >= 4 is 15.9 Å². The summed E-state index contributed by atoms with van der Waals surface area (Å²) in [5.41, 5.74) is 7.22.